The summed E-state index contributed by atoms with van der Waals surface area (Å²) in [5.74, 6) is 1.39. The third-order valence-electron chi connectivity index (χ3n) is 4.58. The zero-order valence-corrected chi connectivity index (χ0v) is 21.3. The molecule has 0 fully saturated rings. The Morgan fingerprint density at radius 1 is 1.06 bits per heavy atom. The third kappa shape index (κ3) is 10.5. The number of benzene rings is 2. The molecule has 31 heavy (non-hydrogen) atoms. The van der Waals surface area contributed by atoms with Crippen molar-refractivity contribution >= 4 is 35.8 Å². The SMILES string of the molecule is CCCCNC(=NCc1cccc(OCC(=O)N(C)C)c1)NCc1ccc(C)cc1.I. The van der Waals surface area contributed by atoms with Crippen molar-refractivity contribution in [3.05, 3.63) is 65.2 Å². The van der Waals surface area contributed by atoms with Crippen molar-refractivity contribution in [2.45, 2.75) is 39.8 Å². The third-order valence-corrected chi connectivity index (χ3v) is 4.58. The van der Waals surface area contributed by atoms with Gasteiger partial charge in [0.25, 0.3) is 5.91 Å². The van der Waals surface area contributed by atoms with Crippen molar-refractivity contribution < 1.29 is 9.53 Å². The van der Waals surface area contributed by atoms with E-state index in [1.54, 1.807) is 14.1 Å². The number of hydrogen-bond acceptors (Lipinski definition) is 3. The molecule has 170 valence electrons. The van der Waals surface area contributed by atoms with Gasteiger partial charge >= 0.3 is 0 Å². The fourth-order valence-electron chi connectivity index (χ4n) is 2.63. The van der Waals surface area contributed by atoms with Crippen LogP contribution in [-0.4, -0.2) is 44.0 Å². The molecule has 0 atom stereocenters. The first-order valence-corrected chi connectivity index (χ1v) is 10.5. The van der Waals surface area contributed by atoms with Crippen LogP contribution in [0.15, 0.2) is 53.5 Å². The van der Waals surface area contributed by atoms with Crippen molar-refractivity contribution in [3.63, 3.8) is 0 Å². The number of carbonyl (C=O) groups is 1. The van der Waals surface area contributed by atoms with Crippen molar-refractivity contribution in [2.24, 2.45) is 4.99 Å². The summed E-state index contributed by atoms with van der Waals surface area (Å²) in [6, 6.07) is 16.2. The minimum Gasteiger partial charge on any atom is -0.484 e. The number of amides is 1. The Labute approximate surface area is 203 Å². The van der Waals surface area contributed by atoms with Gasteiger partial charge in [-0.25, -0.2) is 4.99 Å². The smallest absolute Gasteiger partial charge is 0.259 e. The molecule has 2 rings (SSSR count). The average molecular weight is 538 g/mol. The van der Waals surface area contributed by atoms with E-state index in [9.17, 15) is 4.79 Å². The maximum Gasteiger partial charge on any atom is 0.259 e. The van der Waals surface area contributed by atoms with E-state index in [1.165, 1.54) is 16.0 Å². The molecule has 0 saturated carbocycles. The van der Waals surface area contributed by atoms with Gasteiger partial charge in [-0.2, -0.15) is 0 Å². The summed E-state index contributed by atoms with van der Waals surface area (Å²) in [4.78, 5) is 18.0. The Morgan fingerprint density at radius 3 is 2.48 bits per heavy atom. The molecule has 1 amide bonds. The summed E-state index contributed by atoms with van der Waals surface area (Å²) in [5, 5.41) is 6.81. The first-order chi connectivity index (χ1) is 14.5. The van der Waals surface area contributed by atoms with E-state index in [0.29, 0.717) is 18.8 Å². The van der Waals surface area contributed by atoms with Crippen LogP contribution in [-0.2, 0) is 17.9 Å². The largest absolute Gasteiger partial charge is 0.484 e. The molecule has 2 aromatic carbocycles. The number of ether oxygens (including phenoxy) is 1. The summed E-state index contributed by atoms with van der Waals surface area (Å²) in [6.07, 6.45) is 2.22. The molecule has 0 heterocycles. The lowest BCUT2D eigenvalue weighted by atomic mass is 10.1. The van der Waals surface area contributed by atoms with Crippen molar-refractivity contribution in [3.8, 4) is 5.75 Å². The first-order valence-electron chi connectivity index (χ1n) is 10.5. The molecule has 6 nitrogen and oxygen atoms in total. The van der Waals surface area contributed by atoms with E-state index in [-0.39, 0.29) is 36.5 Å². The van der Waals surface area contributed by atoms with Crippen LogP contribution in [0, 0.1) is 6.92 Å². The molecular weight excluding hydrogens is 503 g/mol. The molecule has 0 saturated heterocycles. The number of carbonyl (C=O) groups excluding carboxylic acids is 1. The molecule has 2 aromatic rings. The lowest BCUT2D eigenvalue weighted by molar-refractivity contribution is -0.130. The number of nitrogens with one attached hydrogen (secondary N) is 2. The molecule has 0 radical (unpaired) electrons. The summed E-state index contributed by atoms with van der Waals surface area (Å²) in [6.45, 7) is 6.41. The minimum absolute atomic E-state index is 0. The summed E-state index contributed by atoms with van der Waals surface area (Å²) in [7, 11) is 3.43. The molecule has 0 spiro atoms. The van der Waals surface area contributed by atoms with Crippen LogP contribution in [0.5, 0.6) is 5.75 Å². The Kier molecular flexibility index (Phi) is 12.7. The lowest BCUT2D eigenvalue weighted by Gasteiger charge is -2.13. The average Bonchev–Trinajstić information content (AvgIpc) is 2.75. The zero-order valence-electron chi connectivity index (χ0n) is 19.0. The molecule has 0 aromatic heterocycles. The maximum absolute atomic E-state index is 11.7. The Morgan fingerprint density at radius 2 is 1.81 bits per heavy atom. The number of rotatable bonds is 10. The second-order valence-electron chi connectivity index (χ2n) is 7.51. The van der Waals surface area contributed by atoms with Gasteiger partial charge in [0, 0.05) is 27.2 Å². The highest BCUT2D eigenvalue weighted by Crippen LogP contribution is 2.14. The number of nitrogens with zero attached hydrogens (tertiary/aromatic N) is 2. The summed E-state index contributed by atoms with van der Waals surface area (Å²) < 4.78 is 5.60. The number of hydrogen-bond donors (Lipinski definition) is 2. The quantitative estimate of drug-likeness (QED) is 0.207. The highest BCUT2D eigenvalue weighted by molar-refractivity contribution is 14.0. The predicted octanol–water partition coefficient (Wildman–Crippen LogP) is 4.12. The second kappa shape index (κ2) is 14.7. The molecule has 0 bridgehead atoms. The monoisotopic (exact) mass is 538 g/mol. The van der Waals surface area contributed by atoms with Gasteiger partial charge in [-0.3, -0.25) is 4.79 Å². The van der Waals surface area contributed by atoms with Crippen molar-refractivity contribution in [1.82, 2.24) is 15.5 Å². The van der Waals surface area contributed by atoms with E-state index in [1.807, 2.05) is 24.3 Å². The van der Waals surface area contributed by atoms with Gasteiger partial charge in [-0.15, -0.1) is 24.0 Å². The topological polar surface area (TPSA) is 66.0 Å². The Balaban J connectivity index is 0.00000480. The van der Waals surface area contributed by atoms with Gasteiger partial charge < -0.3 is 20.3 Å². The fraction of sp³-hybridized carbons (Fsp3) is 0.417. The number of likely N-dealkylation sites (N-methyl/N-ethyl adjacent to an activating group) is 1. The summed E-state index contributed by atoms with van der Waals surface area (Å²) >= 11 is 0. The van der Waals surface area contributed by atoms with Crippen LogP contribution in [0.4, 0.5) is 0 Å². The number of aryl methyl sites for hydroxylation is 1. The van der Waals surface area contributed by atoms with Crippen LogP contribution < -0.4 is 15.4 Å². The van der Waals surface area contributed by atoms with E-state index >= 15 is 0 Å². The van der Waals surface area contributed by atoms with E-state index in [0.717, 1.165) is 30.9 Å². The van der Waals surface area contributed by atoms with Gasteiger partial charge in [0.05, 0.1) is 6.54 Å². The van der Waals surface area contributed by atoms with Crippen LogP contribution in [0.1, 0.15) is 36.5 Å². The molecular formula is C24H35IN4O2. The van der Waals surface area contributed by atoms with Gasteiger partial charge in [-0.05, 0) is 36.6 Å². The molecule has 0 aliphatic carbocycles. The molecule has 0 aliphatic heterocycles. The van der Waals surface area contributed by atoms with Crippen molar-refractivity contribution in [2.75, 3.05) is 27.2 Å². The number of guanidine groups is 1. The van der Waals surface area contributed by atoms with Gasteiger partial charge in [-0.1, -0.05) is 55.3 Å². The first kappa shape index (κ1) is 26.7. The highest BCUT2D eigenvalue weighted by atomic mass is 127. The number of halogens is 1. The Bertz CT molecular complexity index is 823. The van der Waals surface area contributed by atoms with E-state index < -0.39 is 0 Å². The van der Waals surface area contributed by atoms with Gasteiger partial charge in [0.2, 0.25) is 0 Å². The molecule has 2 N–H and O–H groups in total. The van der Waals surface area contributed by atoms with E-state index in [2.05, 4.69) is 48.7 Å². The normalized spacial score (nSPS) is 10.8. The van der Waals surface area contributed by atoms with E-state index in [4.69, 9.17) is 9.73 Å². The lowest BCUT2D eigenvalue weighted by Crippen LogP contribution is -2.37. The molecule has 7 heteroatoms. The van der Waals surface area contributed by atoms with Gasteiger partial charge in [0.1, 0.15) is 5.75 Å². The number of aliphatic imine (C=N–C) groups is 1. The molecule has 0 unspecified atom stereocenters. The second-order valence-corrected chi connectivity index (χ2v) is 7.51. The summed E-state index contributed by atoms with van der Waals surface area (Å²) in [5.41, 5.74) is 3.49. The standard InChI is InChI=1S/C24H34N4O2.HI/c1-5-6-14-25-24(26-16-20-12-10-19(2)11-13-20)27-17-21-8-7-9-22(15-21)30-18-23(29)28(3)4;/h7-13,15H,5-6,14,16-18H2,1-4H3,(H2,25,26,27);1H. The Hall–Kier alpha value is -2.29. The molecule has 0 aliphatic rings. The van der Waals surface area contributed by atoms with Crippen LogP contribution in [0.3, 0.4) is 0 Å². The highest BCUT2D eigenvalue weighted by Gasteiger charge is 2.05. The van der Waals surface area contributed by atoms with Crippen molar-refractivity contribution in [1.29, 1.82) is 0 Å². The zero-order chi connectivity index (χ0) is 21.8. The van der Waals surface area contributed by atoms with Crippen LogP contribution in [0.2, 0.25) is 0 Å². The van der Waals surface area contributed by atoms with Crippen LogP contribution >= 0.6 is 24.0 Å². The minimum atomic E-state index is -0.0684. The fourth-order valence-corrected chi connectivity index (χ4v) is 2.63. The number of unbranched alkanes of at least 4 members (excludes halogenated alkanes) is 1. The predicted molar refractivity (Wildman–Crippen MR) is 138 cm³/mol. The maximum atomic E-state index is 11.7. The van der Waals surface area contributed by atoms with Crippen LogP contribution in [0.25, 0.3) is 0 Å². The van der Waals surface area contributed by atoms with Gasteiger partial charge in [0.15, 0.2) is 12.6 Å².